The van der Waals surface area contributed by atoms with E-state index in [4.69, 9.17) is 46.0 Å². The fourth-order valence-corrected chi connectivity index (χ4v) is 3.56. The number of halogens is 3. The van der Waals surface area contributed by atoms with Crippen molar-refractivity contribution in [1.82, 2.24) is 5.32 Å². The van der Waals surface area contributed by atoms with Gasteiger partial charge in [-0.1, -0.05) is 46.8 Å². The number of benzene rings is 2. The Bertz CT molecular complexity index is 1130. The number of nitrogens with zero attached hydrogens (tertiary/aromatic N) is 1. The number of carbonyl (C=O) groups excluding carboxylic acids is 3. The molecule has 2 aromatic rings. The number of hydrogen-bond acceptors (Lipinski definition) is 4. The number of hydrogen-bond donors (Lipinski definition) is 1. The number of urea groups is 1. The zero-order valence-electron chi connectivity index (χ0n) is 15.5. The predicted octanol–water partition coefficient (Wildman–Crippen LogP) is 4.63. The number of terminal acetylenes is 1. The number of imide groups is 2. The highest BCUT2D eigenvalue weighted by Crippen LogP contribution is 2.35. The molecule has 0 bridgehead atoms. The highest BCUT2D eigenvalue weighted by atomic mass is 35.5. The van der Waals surface area contributed by atoms with Crippen molar-refractivity contribution >= 4 is 64.4 Å². The maximum Gasteiger partial charge on any atom is 0.335 e. The molecule has 0 aliphatic carbocycles. The van der Waals surface area contributed by atoms with Gasteiger partial charge in [0, 0.05) is 5.02 Å². The van der Waals surface area contributed by atoms with Crippen LogP contribution in [0.4, 0.5) is 10.5 Å². The molecule has 9 heteroatoms. The van der Waals surface area contributed by atoms with E-state index >= 15 is 0 Å². The molecule has 6 nitrogen and oxygen atoms in total. The molecule has 1 fully saturated rings. The minimum Gasteiger partial charge on any atom is -0.478 e. The van der Waals surface area contributed by atoms with Crippen LogP contribution in [-0.4, -0.2) is 24.5 Å². The van der Waals surface area contributed by atoms with Crippen LogP contribution < -0.4 is 15.0 Å². The lowest BCUT2D eigenvalue weighted by atomic mass is 10.1. The average molecular weight is 464 g/mol. The summed E-state index contributed by atoms with van der Waals surface area (Å²) in [6, 6.07) is 6.79. The number of anilines is 1. The van der Waals surface area contributed by atoms with E-state index in [0.717, 1.165) is 4.90 Å². The number of ether oxygens (including phenoxy) is 1. The highest BCUT2D eigenvalue weighted by molar-refractivity contribution is 6.40. The lowest BCUT2D eigenvalue weighted by Gasteiger charge is -2.27. The fraction of sp³-hybridized carbons (Fsp3) is 0.0952. The van der Waals surface area contributed by atoms with Gasteiger partial charge in [-0.2, -0.15) is 0 Å². The topological polar surface area (TPSA) is 75.7 Å². The van der Waals surface area contributed by atoms with Crippen LogP contribution in [0, 0.1) is 19.3 Å². The molecule has 3 rings (SSSR count). The van der Waals surface area contributed by atoms with E-state index in [2.05, 4.69) is 11.2 Å². The van der Waals surface area contributed by atoms with Crippen molar-refractivity contribution in [3.63, 3.8) is 0 Å². The number of nitrogens with one attached hydrogen (secondary N) is 1. The molecule has 152 valence electrons. The van der Waals surface area contributed by atoms with Crippen molar-refractivity contribution < 1.29 is 19.1 Å². The molecular formula is C21H13Cl3N2O4. The second kappa shape index (κ2) is 8.80. The fourth-order valence-electron chi connectivity index (χ4n) is 2.78. The molecule has 0 aromatic heterocycles. The average Bonchev–Trinajstić information content (AvgIpc) is 2.67. The number of rotatable bonds is 4. The standard InChI is InChI=1S/C21H13Cl3N2O4/c1-3-6-30-18-15(23)8-12(9-16(18)24)7-14-19(27)25-21(29)26(20(14)28)17-10-13(22)5-4-11(17)2/h1,4-5,7-10H,6H2,2H3,(H,25,27,29)/b14-7+. The van der Waals surface area contributed by atoms with Gasteiger partial charge in [-0.15, -0.1) is 6.42 Å². The molecule has 30 heavy (non-hydrogen) atoms. The quantitative estimate of drug-likeness (QED) is 0.407. The van der Waals surface area contributed by atoms with Gasteiger partial charge in [0.25, 0.3) is 11.8 Å². The maximum absolute atomic E-state index is 13.0. The number of amides is 4. The van der Waals surface area contributed by atoms with Crippen molar-refractivity contribution in [1.29, 1.82) is 0 Å². The Balaban J connectivity index is 2.03. The summed E-state index contributed by atoms with van der Waals surface area (Å²) in [5, 5.41) is 2.77. The van der Waals surface area contributed by atoms with E-state index < -0.39 is 17.8 Å². The second-order valence-electron chi connectivity index (χ2n) is 6.20. The lowest BCUT2D eigenvalue weighted by Crippen LogP contribution is -2.54. The van der Waals surface area contributed by atoms with Crippen molar-refractivity contribution in [2.45, 2.75) is 6.92 Å². The molecule has 1 aliphatic rings. The summed E-state index contributed by atoms with van der Waals surface area (Å²) in [6.07, 6.45) is 6.44. The van der Waals surface area contributed by atoms with Crippen LogP contribution in [0.5, 0.6) is 5.75 Å². The summed E-state index contributed by atoms with van der Waals surface area (Å²) >= 11 is 18.4. The van der Waals surface area contributed by atoms with Gasteiger partial charge < -0.3 is 4.74 Å². The van der Waals surface area contributed by atoms with E-state index in [1.165, 1.54) is 24.3 Å². The Labute approximate surface area is 187 Å². The Morgan fingerprint density at radius 2 is 1.80 bits per heavy atom. The number of aryl methyl sites for hydroxylation is 1. The molecule has 1 heterocycles. The van der Waals surface area contributed by atoms with Gasteiger partial charge in [0.15, 0.2) is 5.75 Å². The first-order valence-corrected chi connectivity index (χ1v) is 9.59. The zero-order chi connectivity index (χ0) is 22.0. The van der Waals surface area contributed by atoms with Crippen LogP contribution in [0.25, 0.3) is 6.08 Å². The van der Waals surface area contributed by atoms with Gasteiger partial charge in [-0.25, -0.2) is 9.69 Å². The number of carbonyl (C=O) groups is 3. The SMILES string of the molecule is C#CCOc1c(Cl)cc(/C=C2\C(=O)NC(=O)N(c3cc(Cl)ccc3C)C2=O)cc1Cl. The normalized spacial score (nSPS) is 15.2. The Morgan fingerprint density at radius 1 is 1.13 bits per heavy atom. The van der Waals surface area contributed by atoms with Crippen molar-refractivity contribution in [3.8, 4) is 18.1 Å². The third-order valence-corrected chi connectivity index (χ3v) is 4.94. The van der Waals surface area contributed by atoms with E-state index in [0.29, 0.717) is 16.1 Å². The zero-order valence-corrected chi connectivity index (χ0v) is 17.7. The molecule has 1 N–H and O–H groups in total. The number of barbiturate groups is 1. The lowest BCUT2D eigenvalue weighted by molar-refractivity contribution is -0.122. The second-order valence-corrected chi connectivity index (χ2v) is 7.45. The van der Waals surface area contributed by atoms with E-state index in [1.54, 1.807) is 19.1 Å². The molecular weight excluding hydrogens is 451 g/mol. The van der Waals surface area contributed by atoms with Crippen LogP contribution in [0.15, 0.2) is 35.9 Å². The largest absolute Gasteiger partial charge is 0.478 e. The smallest absolute Gasteiger partial charge is 0.335 e. The summed E-state index contributed by atoms with van der Waals surface area (Å²) in [6.45, 7) is 1.68. The monoisotopic (exact) mass is 462 g/mol. The van der Waals surface area contributed by atoms with Gasteiger partial charge in [0.2, 0.25) is 0 Å². The van der Waals surface area contributed by atoms with Crippen LogP contribution in [-0.2, 0) is 9.59 Å². The molecule has 0 atom stereocenters. The van der Waals surface area contributed by atoms with E-state index in [9.17, 15) is 14.4 Å². The molecule has 0 saturated carbocycles. The third kappa shape index (κ3) is 4.29. The summed E-state index contributed by atoms with van der Waals surface area (Å²) in [5.41, 5.74) is 0.960. The molecule has 0 radical (unpaired) electrons. The first kappa shape index (κ1) is 21.7. The van der Waals surface area contributed by atoms with Crippen molar-refractivity contribution in [2.24, 2.45) is 0 Å². The van der Waals surface area contributed by atoms with Crippen molar-refractivity contribution in [3.05, 3.63) is 62.1 Å². The molecule has 2 aromatic carbocycles. The van der Waals surface area contributed by atoms with Crippen LogP contribution >= 0.6 is 34.8 Å². The highest BCUT2D eigenvalue weighted by Gasteiger charge is 2.37. The predicted molar refractivity (Wildman–Crippen MR) is 116 cm³/mol. The van der Waals surface area contributed by atoms with Crippen LogP contribution in [0.2, 0.25) is 15.1 Å². The molecule has 4 amide bonds. The maximum atomic E-state index is 13.0. The van der Waals surface area contributed by atoms with Crippen LogP contribution in [0.1, 0.15) is 11.1 Å². The minimum absolute atomic E-state index is 0.0309. The van der Waals surface area contributed by atoms with Gasteiger partial charge in [-0.3, -0.25) is 14.9 Å². The van der Waals surface area contributed by atoms with E-state index in [1.807, 2.05) is 0 Å². The Morgan fingerprint density at radius 3 is 2.43 bits per heavy atom. The summed E-state index contributed by atoms with van der Waals surface area (Å²) in [5.74, 6) is 0.827. The van der Waals surface area contributed by atoms with Gasteiger partial charge in [0.05, 0.1) is 15.7 Å². The molecule has 1 aliphatic heterocycles. The first-order chi connectivity index (χ1) is 14.2. The Kier molecular flexibility index (Phi) is 6.37. The third-order valence-electron chi connectivity index (χ3n) is 4.15. The van der Waals surface area contributed by atoms with Crippen molar-refractivity contribution in [2.75, 3.05) is 11.5 Å². The van der Waals surface area contributed by atoms with Gasteiger partial charge in [0.1, 0.15) is 12.2 Å². The molecule has 1 saturated heterocycles. The molecule has 0 unspecified atom stereocenters. The summed E-state index contributed by atoms with van der Waals surface area (Å²) < 4.78 is 5.28. The van der Waals surface area contributed by atoms with Crippen LogP contribution in [0.3, 0.4) is 0 Å². The summed E-state index contributed by atoms with van der Waals surface area (Å²) in [4.78, 5) is 38.6. The first-order valence-electron chi connectivity index (χ1n) is 8.46. The Hall–Kier alpha value is -2.98. The van der Waals surface area contributed by atoms with E-state index in [-0.39, 0.29) is 33.7 Å². The van der Waals surface area contributed by atoms with Gasteiger partial charge in [-0.05, 0) is 48.4 Å². The summed E-state index contributed by atoms with van der Waals surface area (Å²) in [7, 11) is 0. The molecule has 0 spiro atoms. The minimum atomic E-state index is -0.874. The van der Waals surface area contributed by atoms with Gasteiger partial charge >= 0.3 is 6.03 Å².